The fourth-order valence-corrected chi connectivity index (χ4v) is 4.84. The Bertz CT molecular complexity index is 1140. The smallest absolute Gasteiger partial charge is 0.335 e. The number of rotatable bonds is 8. The lowest BCUT2D eigenvalue weighted by molar-refractivity contribution is 0.0696. The highest BCUT2D eigenvalue weighted by Crippen LogP contribution is 2.30. The molecule has 0 radical (unpaired) electrons. The number of carboxylic acids is 1. The van der Waals surface area contributed by atoms with Crippen molar-refractivity contribution in [2.45, 2.75) is 38.1 Å². The molecule has 6 heteroatoms. The van der Waals surface area contributed by atoms with Gasteiger partial charge in [0.25, 0.3) is 10.0 Å². The van der Waals surface area contributed by atoms with Crippen molar-refractivity contribution in [3.8, 4) is 0 Å². The van der Waals surface area contributed by atoms with E-state index in [1.807, 2.05) is 44.2 Å². The molecule has 1 N–H and O–H groups in total. The molecule has 0 aliphatic carbocycles. The SMILES string of the molecule is CCc1ccc(S(=O)(=O)N(Cc2cccc(C(=O)O)c2)c2ccccc2CC)cc1. The maximum atomic E-state index is 13.6. The molecule has 0 fully saturated rings. The van der Waals surface area contributed by atoms with Crippen LogP contribution in [0, 0.1) is 0 Å². The number of hydrogen-bond donors (Lipinski definition) is 1. The molecule has 156 valence electrons. The normalized spacial score (nSPS) is 11.3. The third-order valence-corrected chi connectivity index (χ3v) is 6.83. The molecule has 0 aliphatic rings. The van der Waals surface area contributed by atoms with Crippen LogP contribution in [0.4, 0.5) is 5.69 Å². The minimum Gasteiger partial charge on any atom is -0.478 e. The molecule has 3 rings (SSSR count). The summed E-state index contributed by atoms with van der Waals surface area (Å²) in [6.07, 6.45) is 1.50. The number of aryl methyl sites for hydroxylation is 2. The standard InChI is InChI=1S/C24H25NO4S/c1-3-18-12-14-22(15-13-18)30(28,29)25(23-11-6-5-9-20(23)4-2)17-19-8-7-10-21(16-19)24(26)27/h5-16H,3-4,17H2,1-2H3,(H,26,27). The molecule has 3 aromatic rings. The second kappa shape index (κ2) is 9.13. The first-order chi connectivity index (χ1) is 14.4. The highest BCUT2D eigenvalue weighted by molar-refractivity contribution is 7.92. The molecule has 0 aliphatic heterocycles. The van der Waals surface area contributed by atoms with Gasteiger partial charge in [-0.3, -0.25) is 4.31 Å². The molecule has 3 aromatic carbocycles. The summed E-state index contributed by atoms with van der Waals surface area (Å²) >= 11 is 0. The van der Waals surface area contributed by atoms with E-state index < -0.39 is 16.0 Å². The van der Waals surface area contributed by atoms with Crippen LogP contribution in [0.2, 0.25) is 0 Å². The largest absolute Gasteiger partial charge is 0.478 e. The minimum absolute atomic E-state index is 0.0377. The van der Waals surface area contributed by atoms with Gasteiger partial charge in [-0.2, -0.15) is 0 Å². The number of carboxylic acid groups (broad SMARTS) is 1. The molecule has 0 saturated carbocycles. The first-order valence-electron chi connectivity index (χ1n) is 9.88. The van der Waals surface area contributed by atoms with Gasteiger partial charge in [0.05, 0.1) is 22.7 Å². The fourth-order valence-electron chi connectivity index (χ4n) is 3.35. The van der Waals surface area contributed by atoms with Gasteiger partial charge in [-0.25, -0.2) is 13.2 Å². The lowest BCUT2D eigenvalue weighted by Gasteiger charge is -2.27. The Morgan fingerprint density at radius 2 is 1.57 bits per heavy atom. The Morgan fingerprint density at radius 3 is 2.20 bits per heavy atom. The van der Waals surface area contributed by atoms with Gasteiger partial charge in [0.2, 0.25) is 0 Å². The first kappa shape index (κ1) is 21.6. The van der Waals surface area contributed by atoms with Crippen LogP contribution in [0.5, 0.6) is 0 Å². The van der Waals surface area contributed by atoms with Crippen molar-refractivity contribution >= 4 is 21.7 Å². The molecule has 5 nitrogen and oxygen atoms in total. The number of carbonyl (C=O) groups is 1. The van der Waals surface area contributed by atoms with E-state index in [2.05, 4.69) is 0 Å². The monoisotopic (exact) mass is 423 g/mol. The van der Waals surface area contributed by atoms with Gasteiger partial charge in [-0.05, 0) is 59.9 Å². The predicted molar refractivity (Wildman–Crippen MR) is 118 cm³/mol. The Kier molecular flexibility index (Phi) is 6.57. The number of benzene rings is 3. The summed E-state index contributed by atoms with van der Waals surface area (Å²) in [6.45, 7) is 4.03. The Balaban J connectivity index is 2.11. The number of para-hydroxylation sites is 1. The van der Waals surface area contributed by atoms with Crippen LogP contribution in [0.3, 0.4) is 0 Å². The second-order valence-corrected chi connectivity index (χ2v) is 8.86. The van der Waals surface area contributed by atoms with Crippen LogP contribution in [-0.4, -0.2) is 19.5 Å². The van der Waals surface area contributed by atoms with Crippen molar-refractivity contribution < 1.29 is 18.3 Å². The van der Waals surface area contributed by atoms with Crippen molar-refractivity contribution in [2.24, 2.45) is 0 Å². The lowest BCUT2D eigenvalue weighted by Crippen LogP contribution is -2.31. The van der Waals surface area contributed by atoms with E-state index in [0.29, 0.717) is 17.7 Å². The van der Waals surface area contributed by atoms with E-state index in [0.717, 1.165) is 17.5 Å². The second-order valence-electron chi connectivity index (χ2n) is 7.00. The predicted octanol–water partition coefficient (Wildman–Crippen LogP) is 4.91. The lowest BCUT2D eigenvalue weighted by atomic mass is 10.1. The third kappa shape index (κ3) is 4.54. The summed E-state index contributed by atoms with van der Waals surface area (Å²) in [5.74, 6) is -1.05. The highest BCUT2D eigenvalue weighted by Gasteiger charge is 2.27. The van der Waals surface area contributed by atoms with E-state index in [1.54, 1.807) is 30.3 Å². The molecule has 0 saturated heterocycles. The van der Waals surface area contributed by atoms with Crippen LogP contribution in [0.1, 0.15) is 40.9 Å². The molecule has 0 atom stereocenters. The van der Waals surface area contributed by atoms with Gasteiger partial charge in [0, 0.05) is 0 Å². The summed E-state index contributed by atoms with van der Waals surface area (Å²) < 4.78 is 28.6. The zero-order chi connectivity index (χ0) is 21.7. The van der Waals surface area contributed by atoms with Crippen LogP contribution in [0.15, 0.2) is 77.7 Å². The Labute approximate surface area is 177 Å². The Morgan fingerprint density at radius 1 is 0.867 bits per heavy atom. The molecular weight excluding hydrogens is 398 g/mol. The van der Waals surface area contributed by atoms with E-state index in [1.165, 1.54) is 16.4 Å². The van der Waals surface area contributed by atoms with Gasteiger partial charge < -0.3 is 5.11 Å². The number of sulfonamides is 1. The van der Waals surface area contributed by atoms with Crippen LogP contribution in [-0.2, 0) is 29.4 Å². The van der Waals surface area contributed by atoms with Crippen LogP contribution >= 0.6 is 0 Å². The summed E-state index contributed by atoms with van der Waals surface area (Å²) in [4.78, 5) is 11.6. The van der Waals surface area contributed by atoms with Crippen molar-refractivity contribution in [1.29, 1.82) is 0 Å². The van der Waals surface area contributed by atoms with Crippen molar-refractivity contribution in [3.05, 3.63) is 95.1 Å². The number of hydrogen-bond acceptors (Lipinski definition) is 3. The quantitative estimate of drug-likeness (QED) is 0.559. The van der Waals surface area contributed by atoms with E-state index in [4.69, 9.17) is 0 Å². The fraction of sp³-hybridized carbons (Fsp3) is 0.208. The van der Waals surface area contributed by atoms with Crippen molar-refractivity contribution in [1.82, 2.24) is 0 Å². The summed E-state index contributed by atoms with van der Waals surface area (Å²) in [7, 11) is -3.86. The highest BCUT2D eigenvalue weighted by atomic mass is 32.2. The van der Waals surface area contributed by atoms with Gasteiger partial charge in [-0.15, -0.1) is 0 Å². The summed E-state index contributed by atoms with van der Waals surface area (Å²) in [5.41, 5.74) is 3.29. The average Bonchev–Trinajstić information content (AvgIpc) is 2.77. The minimum atomic E-state index is -3.86. The van der Waals surface area contributed by atoms with Gasteiger partial charge in [0.1, 0.15) is 0 Å². The Hall–Kier alpha value is -3.12. The topological polar surface area (TPSA) is 74.7 Å². The molecule has 30 heavy (non-hydrogen) atoms. The number of anilines is 1. The first-order valence-corrected chi connectivity index (χ1v) is 11.3. The van der Waals surface area contributed by atoms with E-state index in [9.17, 15) is 18.3 Å². The maximum absolute atomic E-state index is 13.6. The molecule has 0 aromatic heterocycles. The molecule has 0 spiro atoms. The van der Waals surface area contributed by atoms with Crippen LogP contribution in [0.25, 0.3) is 0 Å². The van der Waals surface area contributed by atoms with Gasteiger partial charge in [0.15, 0.2) is 0 Å². The van der Waals surface area contributed by atoms with Gasteiger partial charge >= 0.3 is 5.97 Å². The number of nitrogens with zero attached hydrogens (tertiary/aromatic N) is 1. The average molecular weight is 424 g/mol. The van der Waals surface area contributed by atoms with Gasteiger partial charge in [-0.1, -0.05) is 56.3 Å². The molecule has 0 heterocycles. The van der Waals surface area contributed by atoms with Crippen molar-refractivity contribution in [3.63, 3.8) is 0 Å². The maximum Gasteiger partial charge on any atom is 0.335 e. The zero-order valence-corrected chi connectivity index (χ0v) is 17.9. The summed E-state index contributed by atoms with van der Waals surface area (Å²) in [6, 6.07) is 20.7. The van der Waals surface area contributed by atoms with E-state index >= 15 is 0 Å². The third-order valence-electron chi connectivity index (χ3n) is 5.06. The molecular formula is C24H25NO4S. The number of aromatic carboxylic acids is 1. The molecule has 0 amide bonds. The molecule has 0 unspecified atom stereocenters. The summed E-state index contributed by atoms with van der Waals surface area (Å²) in [5, 5.41) is 9.30. The van der Waals surface area contributed by atoms with E-state index in [-0.39, 0.29) is 17.0 Å². The molecule has 0 bridgehead atoms. The van der Waals surface area contributed by atoms with Crippen molar-refractivity contribution in [2.75, 3.05) is 4.31 Å². The van der Waals surface area contributed by atoms with Crippen LogP contribution < -0.4 is 4.31 Å². The zero-order valence-electron chi connectivity index (χ0n) is 17.1.